The number of hydrogen-bond acceptors (Lipinski definition) is 5. The smallest absolute Gasteiger partial charge is 0.242 e. The normalized spacial score (nSPS) is 18.3. The van der Waals surface area contributed by atoms with Crippen LogP contribution in [0.4, 0.5) is 10.2 Å². The van der Waals surface area contributed by atoms with Gasteiger partial charge < -0.3 is 9.64 Å². The molecule has 0 radical (unpaired) electrons. The minimum atomic E-state index is -0.378. The summed E-state index contributed by atoms with van der Waals surface area (Å²) in [5, 5.41) is 4.78. The van der Waals surface area contributed by atoms with Crippen LogP contribution in [-0.2, 0) is 19.7 Å². The predicted octanol–water partition coefficient (Wildman–Crippen LogP) is 4.65. The molecule has 0 unspecified atom stereocenters. The van der Waals surface area contributed by atoms with Crippen LogP contribution < -0.4 is 4.90 Å². The maximum absolute atomic E-state index is 14.4. The van der Waals surface area contributed by atoms with Crippen molar-refractivity contribution < 1.29 is 18.7 Å². The molecule has 200 valence electrons. The van der Waals surface area contributed by atoms with Crippen LogP contribution in [0.5, 0.6) is 0 Å². The van der Waals surface area contributed by atoms with E-state index in [1.54, 1.807) is 15.9 Å². The predicted molar refractivity (Wildman–Crippen MR) is 147 cm³/mol. The maximum Gasteiger partial charge on any atom is 0.242 e. The molecule has 0 N–H and O–H groups in total. The average molecular weight is 537 g/mol. The highest BCUT2D eigenvalue weighted by Gasteiger charge is 2.40. The Bertz CT molecular complexity index is 1360. The number of rotatable bonds is 4. The SMILES string of the molecule is Cc1ccccc1-n1nc(C(C)(C)C)c2c1N(CC(=O)N1CCOCC1)C(=O)CS[C@H]2c1cccc(F)c1. The van der Waals surface area contributed by atoms with Gasteiger partial charge in [0.2, 0.25) is 11.8 Å². The molecule has 7 nitrogen and oxygen atoms in total. The first-order chi connectivity index (χ1) is 18.1. The summed E-state index contributed by atoms with van der Waals surface area (Å²) in [6.45, 7) is 10.1. The molecular formula is C29H33FN4O3S. The summed E-state index contributed by atoms with van der Waals surface area (Å²) in [5.74, 6) is 0.103. The molecule has 2 amide bonds. The number of anilines is 1. The molecule has 1 atom stereocenters. The van der Waals surface area contributed by atoms with Gasteiger partial charge in [0.15, 0.2) is 0 Å². The van der Waals surface area contributed by atoms with Crippen molar-refractivity contribution in [1.82, 2.24) is 14.7 Å². The zero-order chi connectivity index (χ0) is 27.0. The van der Waals surface area contributed by atoms with E-state index >= 15 is 0 Å². The summed E-state index contributed by atoms with van der Waals surface area (Å²) in [4.78, 5) is 30.5. The van der Waals surface area contributed by atoms with Gasteiger partial charge in [-0.1, -0.05) is 51.1 Å². The summed E-state index contributed by atoms with van der Waals surface area (Å²) in [6.07, 6.45) is 0. The third kappa shape index (κ3) is 5.09. The van der Waals surface area contributed by atoms with Gasteiger partial charge in [-0.3, -0.25) is 14.5 Å². The first kappa shape index (κ1) is 26.4. The van der Waals surface area contributed by atoms with Crippen LogP contribution in [-0.4, -0.2) is 65.1 Å². The van der Waals surface area contributed by atoms with Gasteiger partial charge in [-0.15, -0.1) is 11.8 Å². The lowest BCUT2D eigenvalue weighted by atomic mass is 9.87. The van der Waals surface area contributed by atoms with Crippen LogP contribution >= 0.6 is 11.8 Å². The molecule has 3 heterocycles. The topological polar surface area (TPSA) is 67.7 Å². The van der Waals surface area contributed by atoms with Crippen LogP contribution in [0.15, 0.2) is 48.5 Å². The van der Waals surface area contributed by atoms with Crippen molar-refractivity contribution in [3.63, 3.8) is 0 Å². The molecule has 0 spiro atoms. The number of carbonyl (C=O) groups excluding carboxylic acids is 2. The van der Waals surface area contributed by atoms with Crippen molar-refractivity contribution in [1.29, 1.82) is 0 Å². The van der Waals surface area contributed by atoms with Crippen LogP contribution in [0.25, 0.3) is 5.69 Å². The maximum atomic E-state index is 14.4. The Morgan fingerprint density at radius 2 is 1.87 bits per heavy atom. The minimum Gasteiger partial charge on any atom is -0.378 e. The van der Waals surface area contributed by atoms with Crippen molar-refractivity contribution in [3.05, 3.63) is 76.7 Å². The summed E-state index contributed by atoms with van der Waals surface area (Å²) >= 11 is 1.45. The second kappa shape index (κ2) is 10.5. The van der Waals surface area contributed by atoms with Gasteiger partial charge in [-0.2, -0.15) is 5.10 Å². The Balaban J connectivity index is 1.74. The molecule has 1 fully saturated rings. The first-order valence-electron chi connectivity index (χ1n) is 12.9. The Labute approximate surface area is 226 Å². The molecule has 0 saturated carbocycles. The highest BCUT2D eigenvalue weighted by Crippen LogP contribution is 2.48. The highest BCUT2D eigenvalue weighted by molar-refractivity contribution is 8.00. The largest absolute Gasteiger partial charge is 0.378 e. The molecule has 38 heavy (non-hydrogen) atoms. The number of thioether (sulfide) groups is 1. The van der Waals surface area contributed by atoms with E-state index in [-0.39, 0.29) is 40.6 Å². The van der Waals surface area contributed by atoms with E-state index in [9.17, 15) is 14.0 Å². The number of aryl methyl sites for hydroxylation is 1. The summed E-state index contributed by atoms with van der Waals surface area (Å²) in [5.41, 5.74) is 3.87. The van der Waals surface area contributed by atoms with E-state index in [1.165, 1.54) is 23.9 Å². The third-order valence-corrected chi connectivity index (χ3v) is 8.21. The van der Waals surface area contributed by atoms with Gasteiger partial charge in [-0.25, -0.2) is 9.07 Å². The Hall–Kier alpha value is -3.17. The fourth-order valence-electron chi connectivity index (χ4n) is 5.02. The number of amides is 2. The number of morpholine rings is 1. The molecular weight excluding hydrogens is 503 g/mol. The molecule has 1 aromatic heterocycles. The molecule has 2 aliphatic heterocycles. The molecule has 2 aromatic carbocycles. The highest BCUT2D eigenvalue weighted by atomic mass is 32.2. The quantitative estimate of drug-likeness (QED) is 0.486. The molecule has 2 aliphatic rings. The van der Waals surface area contributed by atoms with E-state index in [0.29, 0.717) is 32.1 Å². The number of nitrogens with zero attached hydrogens (tertiary/aromatic N) is 4. The van der Waals surface area contributed by atoms with Crippen molar-refractivity contribution in [2.75, 3.05) is 43.5 Å². The minimum absolute atomic E-state index is 0.0938. The molecule has 3 aromatic rings. The zero-order valence-electron chi connectivity index (χ0n) is 22.2. The third-order valence-electron chi connectivity index (χ3n) is 6.95. The number of hydrogen-bond donors (Lipinski definition) is 0. The lowest BCUT2D eigenvalue weighted by Crippen LogP contribution is -2.48. The van der Waals surface area contributed by atoms with E-state index in [1.807, 2.05) is 41.9 Å². The lowest BCUT2D eigenvalue weighted by molar-refractivity contribution is -0.134. The van der Waals surface area contributed by atoms with Gasteiger partial charge in [0.05, 0.1) is 35.6 Å². The van der Waals surface area contributed by atoms with Gasteiger partial charge in [0.25, 0.3) is 0 Å². The van der Waals surface area contributed by atoms with Crippen LogP contribution in [0.2, 0.25) is 0 Å². The van der Waals surface area contributed by atoms with Gasteiger partial charge >= 0.3 is 0 Å². The molecule has 5 rings (SSSR count). The zero-order valence-corrected chi connectivity index (χ0v) is 23.1. The lowest BCUT2D eigenvalue weighted by Gasteiger charge is -2.30. The van der Waals surface area contributed by atoms with E-state index in [2.05, 4.69) is 20.8 Å². The number of ether oxygens (including phenoxy) is 1. The second-order valence-electron chi connectivity index (χ2n) is 10.8. The Morgan fingerprint density at radius 1 is 1.13 bits per heavy atom. The molecule has 0 bridgehead atoms. The number of fused-ring (bicyclic) bond motifs is 1. The second-order valence-corrected chi connectivity index (χ2v) is 11.8. The Morgan fingerprint density at radius 3 is 2.55 bits per heavy atom. The monoisotopic (exact) mass is 536 g/mol. The van der Waals surface area contributed by atoms with E-state index in [0.717, 1.165) is 28.1 Å². The number of carbonyl (C=O) groups is 2. The number of halogens is 1. The van der Waals surface area contributed by atoms with E-state index < -0.39 is 0 Å². The van der Waals surface area contributed by atoms with Gasteiger partial charge in [-0.05, 0) is 36.2 Å². The van der Waals surface area contributed by atoms with E-state index in [4.69, 9.17) is 9.84 Å². The number of para-hydroxylation sites is 1. The average Bonchev–Trinajstić information content (AvgIpc) is 3.22. The standard InChI is InChI=1S/C29H33FN4O3S/c1-19-8-5-6-11-22(19)34-28-25(27(31-34)29(2,3)4)26(20-9-7-10-21(30)16-20)38-18-24(36)33(28)17-23(35)32-12-14-37-15-13-32/h5-11,16,26H,12-15,17-18H2,1-4H3/t26-/m0/s1. The van der Waals surface area contributed by atoms with Crippen LogP contribution in [0, 0.1) is 12.7 Å². The van der Waals surface area contributed by atoms with Crippen molar-refractivity contribution in [2.24, 2.45) is 0 Å². The van der Waals surface area contributed by atoms with Crippen molar-refractivity contribution in [2.45, 2.75) is 38.4 Å². The summed E-state index contributed by atoms with van der Waals surface area (Å²) < 4.78 is 21.7. The van der Waals surface area contributed by atoms with Gasteiger partial charge in [0, 0.05) is 24.1 Å². The number of aromatic nitrogens is 2. The van der Waals surface area contributed by atoms with Crippen LogP contribution in [0.1, 0.15) is 48.4 Å². The Kier molecular flexibility index (Phi) is 7.33. The summed E-state index contributed by atoms with van der Waals surface area (Å²) in [6, 6.07) is 14.4. The summed E-state index contributed by atoms with van der Waals surface area (Å²) in [7, 11) is 0. The first-order valence-corrected chi connectivity index (χ1v) is 13.9. The van der Waals surface area contributed by atoms with Crippen molar-refractivity contribution >= 4 is 29.4 Å². The van der Waals surface area contributed by atoms with Gasteiger partial charge in [0.1, 0.15) is 18.2 Å². The van der Waals surface area contributed by atoms with Crippen molar-refractivity contribution in [3.8, 4) is 5.69 Å². The fraction of sp³-hybridized carbons (Fsp3) is 0.414. The molecule has 1 saturated heterocycles. The number of benzene rings is 2. The fourth-order valence-corrected chi connectivity index (χ4v) is 6.21. The molecule has 0 aliphatic carbocycles. The van der Waals surface area contributed by atoms with Crippen LogP contribution in [0.3, 0.4) is 0 Å². The molecule has 9 heteroatoms.